The van der Waals surface area contributed by atoms with Crippen LogP contribution in [0.3, 0.4) is 0 Å². The van der Waals surface area contributed by atoms with E-state index in [0.29, 0.717) is 0 Å². The van der Waals surface area contributed by atoms with Crippen LogP contribution < -0.4 is 136 Å². The number of rotatable bonds is 18. The van der Waals surface area contributed by atoms with E-state index in [0.717, 1.165) is 0 Å². The van der Waals surface area contributed by atoms with Crippen molar-refractivity contribution >= 4 is 182 Å². The first-order valence-electron chi connectivity index (χ1n) is 40.9. The summed E-state index contributed by atoms with van der Waals surface area (Å²) in [6, 6.07) is 92.2. The molecule has 0 saturated carbocycles. The van der Waals surface area contributed by atoms with Crippen molar-refractivity contribution in [1.82, 2.24) is 0 Å². The van der Waals surface area contributed by atoms with Crippen molar-refractivity contribution in [3.63, 3.8) is 0 Å². The second-order valence-electron chi connectivity index (χ2n) is 29.5. The van der Waals surface area contributed by atoms with Gasteiger partial charge in [-0.15, -0.1) is 51.2 Å². The molecule has 0 spiro atoms. The van der Waals surface area contributed by atoms with Gasteiger partial charge >= 0.3 is 131 Å². The second-order valence-corrected chi connectivity index (χ2v) is 42.7. The zero-order valence-electron chi connectivity index (χ0n) is 84.6. The van der Waals surface area contributed by atoms with Crippen LogP contribution in [0.4, 0.5) is 0 Å². The SMILES string of the molecule is CC#N.CC#N.Cc1c(C)c(C)[c-](C)c1C.Cc1c(C)c(C)[c-](C)c1C.Cc1c(C)c(C)[c-](C)c1C.Cc1c(C)c(C)[c-](C)c1C.[Cu+2].[Cu+2].[Cu+2].[Cu+2].[Mo+4].[Mo+4].[Mo+4].[Mo].[O-][Cl+3]([O-])([O-])[O-].[O-][Cl+3]([O-])([O-])[O-].[O-][Cl+3]([O-])([O-])[O-].[O-][Cl+3]([O-])([O-])[O-].[O-][Cl+3]([O-])([O-])[O-].[S-2].[S-2].[S-2].[S-2].[S-2].[S-2].[S-2].[S-2].c1ccc(P(CCCCP(c2ccccc2)c2ccccc2)c2ccccc2)cc1.c1ccc(P(CCCCP(c2ccccc2)c2ccccc2)c2ccccc2)cc1. The Bertz CT molecular complexity index is 4130. The molecule has 22 nitrogen and oxygen atoms in total. The van der Waals surface area contributed by atoms with Crippen LogP contribution >= 0.6 is 31.7 Å². The third-order valence-corrected chi connectivity index (χ3v) is 32.2. The van der Waals surface area contributed by atoms with Crippen molar-refractivity contribution in [2.45, 2.75) is 178 Å². The Morgan fingerprint density at radius 3 is 0.327 bits per heavy atom. The molecule has 0 saturated heterocycles. The molecule has 4 radical (unpaired) electrons. The molecule has 47 heteroatoms. The van der Waals surface area contributed by atoms with E-state index in [2.05, 4.69) is 381 Å². The Balaban J connectivity index is -0.0000000888. The Labute approximate surface area is 1050 Å². The minimum Gasteiger partial charge on any atom is -2.00 e. The minimum atomic E-state index is -4.94. The monoisotopic (exact) mass is 2870 g/mol. The number of nitrogens with zero attached hydrogens (tertiary/aromatic N) is 2. The molecule has 0 N–H and O–H groups in total. The molecule has 12 aromatic rings. The van der Waals surface area contributed by atoms with E-state index in [-0.39, 0.29) is 292 Å². The fraction of sp³-hybridized carbons (Fsp3) is 0.300. The van der Waals surface area contributed by atoms with Crippen LogP contribution in [0.25, 0.3) is 0 Å². The summed E-state index contributed by atoms with van der Waals surface area (Å²) in [5.74, 6) is 0. The average Bonchev–Trinajstić information content (AvgIpc) is 1.81. The smallest absolute Gasteiger partial charge is 2.00 e. The zero-order valence-corrected chi connectivity index (χ0v) is 110. The molecular weight excluding hydrogens is 2740 g/mol. The molecule has 12 rings (SSSR count). The molecule has 12 aromatic carbocycles. The molecule has 0 amide bonds. The van der Waals surface area contributed by atoms with Crippen LogP contribution in [0.15, 0.2) is 243 Å². The number of hydrogen-bond donors (Lipinski definition) is 0. The summed E-state index contributed by atoms with van der Waals surface area (Å²) < 4.78 is 170. The Morgan fingerprint density at radius 2 is 0.272 bits per heavy atom. The Morgan fingerprint density at radius 1 is 0.204 bits per heavy atom. The predicted octanol–water partition coefficient (Wildman–Crippen LogP) is 1.10. The number of unbranched alkanes of at least 4 members (excludes halogenated alkanes) is 2. The van der Waals surface area contributed by atoms with Gasteiger partial charge in [0.05, 0.1) is 12.1 Å². The molecular formula is C100H122Cl5Cu4Mo4N2O20P4S8-5. The fourth-order valence-corrected chi connectivity index (χ4v) is 22.9. The fourth-order valence-electron chi connectivity index (χ4n) is 13.2. The molecule has 0 fully saturated rings. The summed E-state index contributed by atoms with van der Waals surface area (Å²) in [7, 11) is -25.9. The quantitative estimate of drug-likeness (QED) is 0.0502. The summed E-state index contributed by atoms with van der Waals surface area (Å²) in [6.45, 7) is 46.8. The summed E-state index contributed by atoms with van der Waals surface area (Å²) in [6.07, 6.45) is 10.1. The van der Waals surface area contributed by atoms with Gasteiger partial charge in [0.1, 0.15) is 0 Å². The van der Waals surface area contributed by atoms with Crippen LogP contribution in [0.2, 0.25) is 0 Å². The molecule has 0 aromatic heterocycles. The van der Waals surface area contributed by atoms with Crippen molar-refractivity contribution in [3.05, 3.63) is 354 Å². The first-order valence-corrected chi connectivity index (χ1v) is 53.2. The van der Waals surface area contributed by atoms with Crippen LogP contribution in [-0.4, -0.2) is 24.6 Å². The molecule has 0 aliphatic carbocycles. The molecule has 0 bridgehead atoms. The van der Waals surface area contributed by atoms with Gasteiger partial charge in [-0.3, -0.25) is 0 Å². The van der Waals surface area contributed by atoms with E-state index in [9.17, 15) is 0 Å². The van der Waals surface area contributed by atoms with Crippen LogP contribution in [0, 0.1) is 212 Å². The summed E-state index contributed by atoms with van der Waals surface area (Å²) in [5, 5.41) is 26.6. The van der Waals surface area contributed by atoms with E-state index in [1.807, 2.05) is 0 Å². The summed E-state index contributed by atoms with van der Waals surface area (Å²) >= 11 is 0. The molecule has 0 aliphatic heterocycles. The van der Waals surface area contributed by atoms with E-state index in [1.54, 1.807) is 12.1 Å². The van der Waals surface area contributed by atoms with Gasteiger partial charge < -0.3 is 108 Å². The van der Waals surface area contributed by atoms with Crippen LogP contribution in [0.1, 0.15) is 151 Å². The standard InChI is InChI=1S/2C28H28P2.4C10H15.2C2H3N.5ClHO4.4Cu.4Mo.8S/c2*1-5-15-25(16-6-1)29(26-17-7-2-8-18-26)23-13-14-24-30(27-19-9-3-10-20-27)28-21-11-4-12-22-28;4*1-6-7(2)9(4)10(5)8(6)3;2*1-2-3;5*2-1(3,4)5;;;;;;;;;;;;;;;;/h2*1-12,15-22H,13-14,23-24H2;4*1-5H3;2*1H3;5*(H,2,3,4,5);;;;;;;;;;;;;;;;/q;;4*-1;;;;;;;;4*+2;;3*+4;8*-2/p-5. The van der Waals surface area contributed by atoms with Gasteiger partial charge in [0, 0.05) is 34.9 Å². The maximum Gasteiger partial charge on any atom is 4.00 e. The maximum absolute atomic E-state index is 8.49. The van der Waals surface area contributed by atoms with Gasteiger partial charge in [-0.1, -0.05) is 381 Å². The largest absolute Gasteiger partial charge is 4.00 e. The number of nitriles is 2. The van der Waals surface area contributed by atoms with Gasteiger partial charge in [-0.05, 0) is 124 Å². The number of hydrogen-bond acceptors (Lipinski definition) is 22. The van der Waals surface area contributed by atoms with Crippen molar-refractivity contribution in [2.75, 3.05) is 24.6 Å². The molecule has 147 heavy (non-hydrogen) atoms. The normalized spacial score (nSPS) is 9.55. The average molecular weight is 2870 g/mol. The van der Waals surface area contributed by atoms with Gasteiger partial charge in [0.15, 0.2) is 0 Å². The maximum atomic E-state index is 8.49. The van der Waals surface area contributed by atoms with Crippen molar-refractivity contribution in [1.29, 1.82) is 10.5 Å². The van der Waals surface area contributed by atoms with E-state index in [1.165, 1.54) is 218 Å². The van der Waals surface area contributed by atoms with Crippen LogP contribution in [0.5, 0.6) is 0 Å². The van der Waals surface area contributed by atoms with Crippen LogP contribution in [-0.2, 0) is 261 Å². The first-order chi connectivity index (χ1) is 60.9. The van der Waals surface area contributed by atoms with Gasteiger partial charge in [-0.25, -0.2) is 93.2 Å². The molecule has 0 aliphatic rings. The zero-order chi connectivity index (χ0) is 100. The topological polar surface area (TPSA) is 509 Å². The van der Waals surface area contributed by atoms with Gasteiger partial charge in [-0.2, -0.15) is 122 Å². The van der Waals surface area contributed by atoms with Gasteiger partial charge in [0.2, 0.25) is 0 Å². The molecule has 0 heterocycles. The van der Waals surface area contributed by atoms with Crippen molar-refractivity contribution in [2.24, 2.45) is 0 Å². The van der Waals surface area contributed by atoms with E-state index in [4.69, 9.17) is 104 Å². The van der Waals surface area contributed by atoms with E-state index >= 15 is 0 Å². The van der Waals surface area contributed by atoms with Crippen molar-refractivity contribution < 1.29 is 297 Å². The third kappa shape index (κ3) is 84.0. The predicted molar refractivity (Wildman–Crippen MR) is 539 cm³/mol. The first kappa shape index (κ1) is 186. The summed E-state index contributed by atoms with van der Waals surface area (Å²) in [4.78, 5) is 0. The Hall–Kier alpha value is 0.141. The van der Waals surface area contributed by atoms with E-state index < -0.39 is 51.2 Å². The second kappa shape index (κ2) is 99.2. The third-order valence-electron chi connectivity index (χ3n) is 21.8. The molecule has 0 unspecified atom stereocenters. The van der Waals surface area contributed by atoms with Crippen molar-refractivity contribution in [3.8, 4) is 12.1 Å². The summed E-state index contributed by atoms with van der Waals surface area (Å²) in [5.41, 5.74) is 29.4. The van der Waals surface area contributed by atoms with Gasteiger partial charge in [0.25, 0.3) is 0 Å². The minimum absolute atomic E-state index is 0. The number of benzene rings is 8. The number of halogens is 5. The Kier molecular flexibility index (Phi) is 125. The molecule has 828 valence electrons. The molecule has 0 atom stereocenters.